The summed E-state index contributed by atoms with van der Waals surface area (Å²) in [5, 5.41) is 14.0. The number of hydrogen-bond acceptors (Lipinski definition) is 4. The quantitative estimate of drug-likeness (QED) is 0.891. The predicted octanol–water partition coefficient (Wildman–Crippen LogP) is 2.63. The number of aromatic nitrogens is 1. The molecule has 0 amide bonds. The zero-order valence-corrected chi connectivity index (χ0v) is 12.7. The first-order valence-electron chi connectivity index (χ1n) is 7.26. The van der Waals surface area contributed by atoms with Gasteiger partial charge in [-0.05, 0) is 29.9 Å². The van der Waals surface area contributed by atoms with Gasteiger partial charge in [0.15, 0.2) is 0 Å². The number of pyridine rings is 1. The van der Waals surface area contributed by atoms with Crippen LogP contribution in [0.15, 0.2) is 54.7 Å². The van der Waals surface area contributed by atoms with Gasteiger partial charge in [0, 0.05) is 18.5 Å². The van der Waals surface area contributed by atoms with Crippen LogP contribution in [0.3, 0.4) is 0 Å². The second-order valence-corrected chi connectivity index (χ2v) is 6.61. The van der Waals surface area contributed by atoms with Crippen molar-refractivity contribution in [3.8, 4) is 0 Å². The number of aliphatic hydroxyl groups is 1. The van der Waals surface area contributed by atoms with Crippen LogP contribution in [0.4, 0.5) is 0 Å². The first-order chi connectivity index (χ1) is 10.3. The molecule has 1 saturated heterocycles. The van der Waals surface area contributed by atoms with Crippen molar-refractivity contribution in [1.82, 2.24) is 10.3 Å². The van der Waals surface area contributed by atoms with Crippen LogP contribution in [0.5, 0.6) is 0 Å². The highest BCUT2D eigenvalue weighted by molar-refractivity contribution is 7.99. The van der Waals surface area contributed by atoms with Gasteiger partial charge in [-0.1, -0.05) is 36.4 Å². The minimum absolute atomic E-state index is 0.0158. The molecule has 3 rings (SSSR count). The fourth-order valence-corrected chi connectivity index (χ4v) is 3.91. The van der Waals surface area contributed by atoms with Crippen molar-refractivity contribution in [2.24, 2.45) is 0 Å². The Morgan fingerprint density at radius 3 is 2.67 bits per heavy atom. The summed E-state index contributed by atoms with van der Waals surface area (Å²) >= 11 is 1.82. The van der Waals surface area contributed by atoms with Crippen molar-refractivity contribution in [3.05, 3.63) is 66.0 Å². The van der Waals surface area contributed by atoms with E-state index in [2.05, 4.69) is 22.4 Å². The maximum absolute atomic E-state index is 10.5. The molecule has 0 bridgehead atoms. The topological polar surface area (TPSA) is 45.1 Å². The molecule has 0 spiro atoms. The van der Waals surface area contributed by atoms with Gasteiger partial charge in [-0.15, -0.1) is 0 Å². The normalized spacial score (nSPS) is 23.1. The van der Waals surface area contributed by atoms with Gasteiger partial charge in [0.05, 0.1) is 17.3 Å². The van der Waals surface area contributed by atoms with E-state index in [1.807, 2.05) is 54.4 Å². The van der Waals surface area contributed by atoms with Crippen molar-refractivity contribution in [3.63, 3.8) is 0 Å². The lowest BCUT2D eigenvalue weighted by Crippen LogP contribution is -2.42. The van der Waals surface area contributed by atoms with E-state index in [4.69, 9.17) is 0 Å². The van der Waals surface area contributed by atoms with Crippen molar-refractivity contribution >= 4 is 11.8 Å². The van der Waals surface area contributed by atoms with Gasteiger partial charge < -0.3 is 10.4 Å². The number of hydrogen-bond donors (Lipinski definition) is 2. The third kappa shape index (κ3) is 3.64. The Kier molecular flexibility index (Phi) is 4.58. The first kappa shape index (κ1) is 14.6. The summed E-state index contributed by atoms with van der Waals surface area (Å²) in [5.41, 5.74) is 1.57. The fourth-order valence-electron chi connectivity index (χ4n) is 2.61. The summed E-state index contributed by atoms with van der Waals surface area (Å²) in [6.07, 6.45) is 2.67. The number of nitrogens with one attached hydrogen (secondary N) is 1. The maximum atomic E-state index is 10.5. The summed E-state index contributed by atoms with van der Waals surface area (Å²) in [4.78, 5) is 4.47. The molecular formula is C17H20N2OS. The van der Waals surface area contributed by atoms with Gasteiger partial charge in [-0.3, -0.25) is 4.98 Å². The van der Waals surface area contributed by atoms with Crippen LogP contribution in [0, 0.1) is 0 Å². The third-order valence-electron chi connectivity index (χ3n) is 3.83. The van der Waals surface area contributed by atoms with Gasteiger partial charge in [-0.2, -0.15) is 11.8 Å². The minimum atomic E-state index is -0.591. The van der Waals surface area contributed by atoms with Crippen molar-refractivity contribution in [1.29, 1.82) is 0 Å². The molecule has 0 saturated carbocycles. The summed E-state index contributed by atoms with van der Waals surface area (Å²) in [7, 11) is 0. The molecule has 2 atom stereocenters. The molecule has 3 nitrogen and oxygen atoms in total. The lowest BCUT2D eigenvalue weighted by molar-refractivity contribution is 0.0657. The van der Waals surface area contributed by atoms with E-state index in [0.29, 0.717) is 6.54 Å². The Morgan fingerprint density at radius 1 is 1.19 bits per heavy atom. The molecule has 1 aliphatic rings. The molecular weight excluding hydrogens is 280 g/mol. The molecule has 4 heteroatoms. The molecule has 110 valence electrons. The van der Waals surface area contributed by atoms with Crippen molar-refractivity contribution in [2.75, 3.05) is 18.1 Å². The lowest BCUT2D eigenvalue weighted by Gasteiger charge is -2.26. The molecule has 0 aliphatic carbocycles. The molecule has 21 heavy (non-hydrogen) atoms. The van der Waals surface area contributed by atoms with Gasteiger partial charge in [0.1, 0.15) is 0 Å². The molecule has 2 N–H and O–H groups in total. The van der Waals surface area contributed by atoms with E-state index < -0.39 is 5.60 Å². The van der Waals surface area contributed by atoms with Crippen LogP contribution in [0.2, 0.25) is 0 Å². The second kappa shape index (κ2) is 6.60. The second-order valence-electron chi connectivity index (χ2n) is 5.51. The molecule has 2 heterocycles. The highest BCUT2D eigenvalue weighted by Crippen LogP contribution is 2.28. The number of thioether (sulfide) groups is 1. The van der Waals surface area contributed by atoms with Crippen LogP contribution < -0.4 is 5.32 Å². The van der Waals surface area contributed by atoms with E-state index >= 15 is 0 Å². The Bertz CT molecular complexity index is 516. The Labute approximate surface area is 129 Å². The zero-order valence-electron chi connectivity index (χ0n) is 11.9. The molecule has 1 aromatic carbocycles. The monoisotopic (exact) mass is 300 g/mol. The Hall–Kier alpha value is -1.36. The van der Waals surface area contributed by atoms with E-state index in [1.165, 1.54) is 5.56 Å². The van der Waals surface area contributed by atoms with Crippen molar-refractivity contribution < 1.29 is 5.11 Å². The highest BCUT2D eigenvalue weighted by atomic mass is 32.2. The molecule has 1 aliphatic heterocycles. The molecule has 1 fully saturated rings. The maximum Gasteiger partial charge on any atom is 0.0869 e. The van der Waals surface area contributed by atoms with Crippen LogP contribution in [-0.2, 0) is 0 Å². The molecule has 2 unspecified atom stereocenters. The van der Waals surface area contributed by atoms with E-state index in [-0.39, 0.29) is 6.04 Å². The van der Waals surface area contributed by atoms with E-state index in [9.17, 15) is 5.11 Å². The molecule has 2 aromatic rings. The van der Waals surface area contributed by atoms with Gasteiger partial charge in [0.2, 0.25) is 0 Å². The van der Waals surface area contributed by atoms with Crippen LogP contribution in [-0.4, -0.2) is 33.7 Å². The van der Waals surface area contributed by atoms with E-state index in [0.717, 1.165) is 23.6 Å². The number of benzene rings is 1. The number of nitrogens with zero attached hydrogens (tertiary/aromatic N) is 1. The predicted molar refractivity (Wildman–Crippen MR) is 87.4 cm³/mol. The van der Waals surface area contributed by atoms with Gasteiger partial charge >= 0.3 is 0 Å². The van der Waals surface area contributed by atoms with Crippen LogP contribution >= 0.6 is 11.8 Å². The van der Waals surface area contributed by atoms with Gasteiger partial charge in [0.25, 0.3) is 0 Å². The molecule has 0 radical (unpaired) electrons. The SMILES string of the molecule is OC1(CNC(c2ccccc2)c2ccccn2)CCSC1. The summed E-state index contributed by atoms with van der Waals surface area (Å²) in [6, 6.07) is 16.2. The number of rotatable bonds is 5. The van der Waals surface area contributed by atoms with Gasteiger partial charge in [-0.25, -0.2) is 0 Å². The standard InChI is InChI=1S/C17H20N2OS/c20-17(9-11-21-13-17)12-19-16(14-6-2-1-3-7-14)15-8-4-5-10-18-15/h1-8,10,16,19-20H,9,11-13H2. The molecule has 1 aromatic heterocycles. The summed E-state index contributed by atoms with van der Waals surface area (Å²) in [6.45, 7) is 0.593. The Morgan fingerprint density at radius 2 is 2.00 bits per heavy atom. The van der Waals surface area contributed by atoms with Crippen LogP contribution in [0.25, 0.3) is 0 Å². The lowest BCUT2D eigenvalue weighted by atomic mass is 9.99. The van der Waals surface area contributed by atoms with Crippen LogP contribution in [0.1, 0.15) is 23.7 Å². The zero-order chi connectivity index (χ0) is 14.5. The van der Waals surface area contributed by atoms with E-state index in [1.54, 1.807) is 0 Å². The first-order valence-corrected chi connectivity index (χ1v) is 8.42. The highest BCUT2D eigenvalue weighted by Gasteiger charge is 2.32. The summed E-state index contributed by atoms with van der Waals surface area (Å²) in [5.74, 6) is 1.85. The Balaban J connectivity index is 1.80. The average Bonchev–Trinajstić information content (AvgIpc) is 2.97. The van der Waals surface area contributed by atoms with Crippen molar-refractivity contribution in [2.45, 2.75) is 18.1 Å². The minimum Gasteiger partial charge on any atom is -0.388 e. The average molecular weight is 300 g/mol. The largest absolute Gasteiger partial charge is 0.388 e. The third-order valence-corrected chi connectivity index (χ3v) is 5.07. The fraction of sp³-hybridized carbons (Fsp3) is 0.353. The summed E-state index contributed by atoms with van der Waals surface area (Å²) < 4.78 is 0. The smallest absolute Gasteiger partial charge is 0.0869 e.